The van der Waals surface area contributed by atoms with E-state index in [4.69, 9.17) is 10.3 Å². The van der Waals surface area contributed by atoms with Gasteiger partial charge in [0.1, 0.15) is 0 Å². The summed E-state index contributed by atoms with van der Waals surface area (Å²) in [6, 6.07) is 4.05. The van der Waals surface area contributed by atoms with Gasteiger partial charge in [0, 0.05) is 25.4 Å². The maximum Gasteiger partial charge on any atom is 0.226 e. The van der Waals surface area contributed by atoms with E-state index in [2.05, 4.69) is 15.5 Å². The molecule has 0 bridgehead atoms. The second-order valence-corrected chi connectivity index (χ2v) is 6.54. The van der Waals surface area contributed by atoms with Crippen molar-refractivity contribution in [2.24, 2.45) is 11.7 Å². The number of nitrogens with one attached hydrogen (secondary N) is 1. The summed E-state index contributed by atoms with van der Waals surface area (Å²) in [4.78, 5) is 17.2. The highest BCUT2D eigenvalue weighted by molar-refractivity contribution is 7.13. The Kier molecular flexibility index (Phi) is 4.84. The quantitative estimate of drug-likeness (QED) is 0.775. The van der Waals surface area contributed by atoms with Crippen molar-refractivity contribution >= 4 is 17.2 Å². The first-order valence-electron chi connectivity index (χ1n) is 7.62. The highest BCUT2D eigenvalue weighted by atomic mass is 32.1. The summed E-state index contributed by atoms with van der Waals surface area (Å²) in [7, 11) is 0. The van der Waals surface area contributed by atoms with Crippen LogP contribution in [0.1, 0.15) is 31.6 Å². The number of thiophene rings is 1. The van der Waals surface area contributed by atoms with Crippen molar-refractivity contribution in [3.63, 3.8) is 0 Å². The summed E-state index contributed by atoms with van der Waals surface area (Å²) in [6.45, 7) is 0.518. The van der Waals surface area contributed by atoms with Gasteiger partial charge in [-0.2, -0.15) is 4.98 Å². The molecule has 0 spiro atoms. The molecule has 1 fully saturated rings. The summed E-state index contributed by atoms with van der Waals surface area (Å²) in [5.41, 5.74) is 5.68. The molecule has 0 radical (unpaired) electrons. The summed E-state index contributed by atoms with van der Waals surface area (Å²) in [5, 5.41) is 8.95. The first-order chi connectivity index (χ1) is 10.8. The lowest BCUT2D eigenvalue weighted by Crippen LogP contribution is -2.41. The standard InChI is InChI=1S/C15H20N4O2S/c16-9-11(10-6-7-10)17-13(20)4-1-5-14-18-15(19-21-14)12-3-2-8-22-12/h2-3,8,10-11H,1,4-7,9,16H2,(H,17,20). The summed E-state index contributed by atoms with van der Waals surface area (Å²) in [6.07, 6.45) is 4.12. The minimum atomic E-state index is 0.0559. The third-order valence-corrected chi connectivity index (χ3v) is 4.66. The zero-order valence-corrected chi connectivity index (χ0v) is 13.1. The van der Waals surface area contributed by atoms with E-state index in [1.54, 1.807) is 11.3 Å². The number of aromatic nitrogens is 2. The molecule has 2 aromatic heterocycles. The number of carbonyl (C=O) groups excluding carboxylic acids is 1. The van der Waals surface area contributed by atoms with Crippen molar-refractivity contribution in [1.82, 2.24) is 15.5 Å². The minimum absolute atomic E-state index is 0.0559. The van der Waals surface area contributed by atoms with E-state index >= 15 is 0 Å². The van der Waals surface area contributed by atoms with E-state index < -0.39 is 0 Å². The molecule has 1 aliphatic carbocycles. The number of nitrogens with zero attached hydrogens (tertiary/aromatic N) is 2. The van der Waals surface area contributed by atoms with Gasteiger partial charge in [0.2, 0.25) is 17.6 Å². The second kappa shape index (κ2) is 7.02. The number of nitrogens with two attached hydrogens (primary N) is 1. The van der Waals surface area contributed by atoms with Crippen molar-refractivity contribution in [3.05, 3.63) is 23.4 Å². The van der Waals surface area contributed by atoms with Gasteiger partial charge in [0.15, 0.2) is 0 Å². The van der Waals surface area contributed by atoms with Crippen molar-refractivity contribution in [2.75, 3.05) is 6.54 Å². The van der Waals surface area contributed by atoms with E-state index in [9.17, 15) is 4.79 Å². The van der Waals surface area contributed by atoms with E-state index in [-0.39, 0.29) is 11.9 Å². The fourth-order valence-corrected chi connectivity index (χ4v) is 3.06. The highest BCUT2D eigenvalue weighted by Gasteiger charge is 2.31. The average Bonchev–Trinajstić information content (AvgIpc) is 3.02. The summed E-state index contributed by atoms with van der Waals surface area (Å²) in [5.74, 6) is 1.83. The van der Waals surface area contributed by atoms with Crippen molar-refractivity contribution in [3.8, 4) is 10.7 Å². The van der Waals surface area contributed by atoms with Gasteiger partial charge in [-0.05, 0) is 36.6 Å². The molecular formula is C15H20N4O2S. The van der Waals surface area contributed by atoms with Crippen LogP contribution in [-0.4, -0.2) is 28.6 Å². The lowest BCUT2D eigenvalue weighted by Gasteiger charge is -2.15. The van der Waals surface area contributed by atoms with Crippen LogP contribution >= 0.6 is 11.3 Å². The summed E-state index contributed by atoms with van der Waals surface area (Å²) >= 11 is 1.58. The van der Waals surface area contributed by atoms with Gasteiger partial charge in [0.25, 0.3) is 0 Å². The molecule has 22 heavy (non-hydrogen) atoms. The molecule has 1 amide bonds. The Balaban J connectivity index is 1.42. The van der Waals surface area contributed by atoms with E-state index in [1.807, 2.05) is 17.5 Å². The van der Waals surface area contributed by atoms with Crippen molar-refractivity contribution < 1.29 is 9.32 Å². The Bertz CT molecular complexity index is 607. The molecule has 1 saturated carbocycles. The largest absolute Gasteiger partial charge is 0.352 e. The number of hydrogen-bond donors (Lipinski definition) is 2. The lowest BCUT2D eigenvalue weighted by atomic mass is 10.1. The SMILES string of the molecule is NCC(NC(=O)CCCc1nc(-c2cccs2)no1)C1CC1. The van der Waals surface area contributed by atoms with Crippen LogP contribution in [0.2, 0.25) is 0 Å². The van der Waals surface area contributed by atoms with Gasteiger partial charge < -0.3 is 15.6 Å². The van der Waals surface area contributed by atoms with Gasteiger partial charge >= 0.3 is 0 Å². The van der Waals surface area contributed by atoms with Crippen LogP contribution in [0.25, 0.3) is 10.7 Å². The molecule has 0 aromatic carbocycles. The van der Waals surface area contributed by atoms with Crippen LogP contribution in [0.5, 0.6) is 0 Å². The smallest absolute Gasteiger partial charge is 0.226 e. The molecule has 0 aliphatic heterocycles. The number of hydrogen-bond acceptors (Lipinski definition) is 6. The molecule has 7 heteroatoms. The van der Waals surface area contributed by atoms with Crippen molar-refractivity contribution in [1.29, 1.82) is 0 Å². The first kappa shape index (κ1) is 15.2. The van der Waals surface area contributed by atoms with Gasteiger partial charge in [-0.3, -0.25) is 4.79 Å². The molecule has 1 atom stereocenters. The number of rotatable bonds is 8. The summed E-state index contributed by atoms with van der Waals surface area (Å²) < 4.78 is 5.21. The molecule has 3 rings (SSSR count). The minimum Gasteiger partial charge on any atom is -0.352 e. The monoisotopic (exact) mass is 320 g/mol. The Morgan fingerprint density at radius 1 is 1.55 bits per heavy atom. The van der Waals surface area contributed by atoms with Crippen LogP contribution in [0.15, 0.2) is 22.0 Å². The Labute approximate surface area is 133 Å². The van der Waals surface area contributed by atoms with Crippen LogP contribution in [0.4, 0.5) is 0 Å². The number of amides is 1. The first-order valence-corrected chi connectivity index (χ1v) is 8.50. The van der Waals surface area contributed by atoms with E-state index in [0.717, 1.165) is 4.88 Å². The molecule has 0 saturated heterocycles. The number of carbonyl (C=O) groups is 1. The molecule has 2 heterocycles. The maximum atomic E-state index is 11.9. The Hall–Kier alpha value is -1.73. The normalized spacial score (nSPS) is 15.7. The number of aryl methyl sites for hydroxylation is 1. The zero-order valence-electron chi connectivity index (χ0n) is 12.3. The molecule has 2 aromatic rings. The predicted octanol–water partition coefficient (Wildman–Crippen LogP) is 1.97. The zero-order chi connectivity index (χ0) is 15.4. The van der Waals surface area contributed by atoms with Crippen LogP contribution in [0.3, 0.4) is 0 Å². The maximum absolute atomic E-state index is 11.9. The Morgan fingerprint density at radius 2 is 2.41 bits per heavy atom. The lowest BCUT2D eigenvalue weighted by molar-refractivity contribution is -0.122. The highest BCUT2D eigenvalue weighted by Crippen LogP contribution is 2.32. The van der Waals surface area contributed by atoms with E-state index in [1.165, 1.54) is 12.8 Å². The molecule has 1 aliphatic rings. The molecule has 3 N–H and O–H groups in total. The topological polar surface area (TPSA) is 94.0 Å². The van der Waals surface area contributed by atoms with Crippen LogP contribution in [0, 0.1) is 5.92 Å². The second-order valence-electron chi connectivity index (χ2n) is 5.59. The van der Waals surface area contributed by atoms with Crippen molar-refractivity contribution in [2.45, 2.75) is 38.1 Å². The van der Waals surface area contributed by atoms with Gasteiger partial charge in [-0.15, -0.1) is 11.3 Å². The average molecular weight is 320 g/mol. The Morgan fingerprint density at radius 3 is 3.09 bits per heavy atom. The predicted molar refractivity (Wildman–Crippen MR) is 84.3 cm³/mol. The van der Waals surface area contributed by atoms with Crippen LogP contribution in [-0.2, 0) is 11.2 Å². The molecule has 118 valence electrons. The fourth-order valence-electron chi connectivity index (χ4n) is 2.41. The molecule has 1 unspecified atom stereocenters. The van der Waals surface area contributed by atoms with Gasteiger partial charge in [-0.25, -0.2) is 0 Å². The van der Waals surface area contributed by atoms with Crippen LogP contribution < -0.4 is 11.1 Å². The van der Waals surface area contributed by atoms with Gasteiger partial charge in [-0.1, -0.05) is 11.2 Å². The third kappa shape index (κ3) is 3.92. The fraction of sp³-hybridized carbons (Fsp3) is 0.533. The van der Waals surface area contributed by atoms with Gasteiger partial charge in [0.05, 0.1) is 4.88 Å². The molecule has 6 nitrogen and oxygen atoms in total. The van der Waals surface area contributed by atoms with E-state index in [0.29, 0.717) is 43.4 Å². The molecular weight excluding hydrogens is 300 g/mol. The third-order valence-electron chi connectivity index (χ3n) is 3.80.